The lowest BCUT2D eigenvalue weighted by Gasteiger charge is -2.13. The molecular weight excluding hydrogens is 428 g/mol. The molecule has 0 aliphatic heterocycles. The van der Waals surface area contributed by atoms with Crippen molar-refractivity contribution in [2.75, 3.05) is 0 Å². The van der Waals surface area contributed by atoms with Gasteiger partial charge >= 0.3 is 22.4 Å². The molecule has 29 heavy (non-hydrogen) atoms. The molecule has 0 heterocycles. The van der Waals surface area contributed by atoms with E-state index in [0.29, 0.717) is 0 Å². The number of carbonyl (C=O) groups is 1. The molecule has 0 atom stereocenters. The summed E-state index contributed by atoms with van der Waals surface area (Å²) in [6.07, 6.45) is -10.4. The maximum atomic E-state index is 12.9. The Morgan fingerprint density at radius 2 is 1.21 bits per heavy atom. The molecule has 156 valence electrons. The lowest BCUT2D eigenvalue weighted by Crippen LogP contribution is -2.78. The highest BCUT2D eigenvalue weighted by Crippen LogP contribution is 2.36. The number of nitrogen functional groups attached to an aromatic ring is 1. The zero-order chi connectivity index (χ0) is 22.2. The quantitative estimate of drug-likeness (QED) is 0.374. The van der Waals surface area contributed by atoms with E-state index in [1.807, 2.05) is 0 Å². The number of carbonyl (C=O) groups excluding carboxylic acids is 1. The minimum Gasteiger partial charge on any atom is -0.366 e. The third-order valence-electron chi connectivity index (χ3n) is 3.60. The van der Waals surface area contributed by atoms with E-state index in [1.54, 1.807) is 4.40 Å². The van der Waals surface area contributed by atoms with Gasteiger partial charge in [0.1, 0.15) is 4.90 Å². The fourth-order valence-corrected chi connectivity index (χ4v) is 3.25. The number of nitrogens with two attached hydrogens (primary N) is 2. The predicted molar refractivity (Wildman–Crippen MR) is 87.9 cm³/mol. The molecule has 0 unspecified atom stereocenters. The normalized spacial score (nSPS) is 13.4. The van der Waals surface area contributed by atoms with Gasteiger partial charge in [-0.05, 0) is 42.5 Å². The lowest BCUT2D eigenvalue weighted by molar-refractivity contribution is -0.268. The molecule has 0 aromatic heterocycles. The number of amidine groups is 1. The molecular formula is C16H12F6N3O3S+. The summed E-state index contributed by atoms with van der Waals surface area (Å²) in [5.41, 5.74) is 7.08. The summed E-state index contributed by atoms with van der Waals surface area (Å²) in [5.74, 6) is -1.37. The van der Waals surface area contributed by atoms with Crippen LogP contribution >= 0.6 is 0 Å². The van der Waals surface area contributed by atoms with Gasteiger partial charge in [0, 0.05) is 5.56 Å². The average Bonchev–Trinajstić information content (AvgIpc) is 2.59. The number of alkyl halides is 6. The van der Waals surface area contributed by atoms with Crippen LogP contribution < -0.4 is 15.9 Å². The summed E-state index contributed by atoms with van der Waals surface area (Å²) in [6.45, 7) is 0. The van der Waals surface area contributed by atoms with Gasteiger partial charge in [-0.1, -0.05) is 0 Å². The Kier molecular flexibility index (Phi) is 5.65. The number of benzene rings is 2. The van der Waals surface area contributed by atoms with E-state index in [2.05, 4.69) is 0 Å². The Balaban J connectivity index is 2.56. The van der Waals surface area contributed by atoms with E-state index in [-0.39, 0.29) is 29.3 Å². The van der Waals surface area contributed by atoms with Crippen LogP contribution in [-0.2, 0) is 22.4 Å². The number of hydrogen-bond donors (Lipinski definition) is 3. The second-order valence-corrected chi connectivity index (χ2v) is 7.38. The van der Waals surface area contributed by atoms with Crippen LogP contribution in [0.3, 0.4) is 0 Å². The monoisotopic (exact) mass is 440 g/mol. The van der Waals surface area contributed by atoms with Crippen LogP contribution in [-0.4, -0.2) is 20.2 Å². The fourth-order valence-electron chi connectivity index (χ4n) is 2.16. The van der Waals surface area contributed by atoms with Crippen LogP contribution in [0.5, 0.6) is 0 Å². The molecule has 0 saturated heterocycles. The van der Waals surface area contributed by atoms with Crippen LogP contribution in [0.4, 0.5) is 26.3 Å². The first kappa shape index (κ1) is 22.2. The number of primary amides is 1. The summed E-state index contributed by atoms with van der Waals surface area (Å²) in [7, 11) is -4.90. The van der Waals surface area contributed by atoms with Gasteiger partial charge in [0.25, 0.3) is 5.84 Å². The van der Waals surface area contributed by atoms with E-state index < -0.39 is 50.1 Å². The Morgan fingerprint density at radius 3 is 1.59 bits per heavy atom. The molecule has 0 radical (unpaired) electrons. The summed E-state index contributed by atoms with van der Waals surface area (Å²) in [4.78, 5) is 9.73. The molecule has 2 aromatic rings. The van der Waals surface area contributed by atoms with Crippen molar-refractivity contribution in [2.45, 2.75) is 17.2 Å². The van der Waals surface area contributed by atoms with Gasteiger partial charge in [0.05, 0.1) is 16.7 Å². The van der Waals surface area contributed by atoms with Crippen LogP contribution in [0, 0.1) is 0 Å². The van der Waals surface area contributed by atoms with E-state index in [4.69, 9.17) is 11.5 Å². The zero-order valence-corrected chi connectivity index (χ0v) is 14.9. The summed E-state index contributed by atoms with van der Waals surface area (Å²) in [5, 5.41) is 0. The number of sulfonamides is 1. The molecule has 0 saturated carbocycles. The number of nitrogens with one attached hydrogen (secondary N) is 1. The number of halogens is 6. The van der Waals surface area contributed by atoms with Gasteiger partial charge in [0.2, 0.25) is 5.91 Å². The molecule has 2 aromatic carbocycles. The van der Waals surface area contributed by atoms with Gasteiger partial charge in [-0.2, -0.15) is 39.2 Å². The van der Waals surface area contributed by atoms with Crippen molar-refractivity contribution in [2.24, 2.45) is 11.5 Å². The Hall–Kier alpha value is -3.09. The highest BCUT2D eigenvalue weighted by molar-refractivity contribution is 7.84. The van der Waals surface area contributed by atoms with Crippen molar-refractivity contribution in [3.05, 3.63) is 64.7 Å². The first-order chi connectivity index (χ1) is 13.1. The Labute approximate surface area is 159 Å². The molecule has 0 spiro atoms. The summed E-state index contributed by atoms with van der Waals surface area (Å²) < 4.78 is 104. The average molecular weight is 440 g/mol. The lowest BCUT2D eigenvalue weighted by atomic mass is 10.1. The van der Waals surface area contributed by atoms with Crippen LogP contribution in [0.1, 0.15) is 27.0 Å². The summed E-state index contributed by atoms with van der Waals surface area (Å²) >= 11 is 0. The molecule has 0 aliphatic carbocycles. The third kappa shape index (κ3) is 5.25. The molecule has 13 heteroatoms. The molecule has 2 rings (SSSR count). The zero-order valence-electron chi connectivity index (χ0n) is 14.1. The molecule has 5 N–H and O–H groups in total. The maximum absolute atomic E-state index is 12.9. The molecule has 0 bridgehead atoms. The van der Waals surface area contributed by atoms with Crippen LogP contribution in [0.25, 0.3) is 0 Å². The maximum Gasteiger partial charge on any atom is 0.416 e. The van der Waals surface area contributed by atoms with Crippen molar-refractivity contribution in [3.8, 4) is 0 Å². The van der Waals surface area contributed by atoms with E-state index in [1.165, 1.54) is 24.3 Å². The first-order valence-electron chi connectivity index (χ1n) is 7.46. The molecule has 0 aliphatic rings. The Morgan fingerprint density at radius 1 is 0.793 bits per heavy atom. The molecule has 0 fully saturated rings. The number of rotatable bonds is 4. The number of amides is 1. The van der Waals surface area contributed by atoms with Gasteiger partial charge in [0.15, 0.2) is 0 Å². The largest absolute Gasteiger partial charge is 0.416 e. The predicted octanol–water partition coefficient (Wildman–Crippen LogP) is 0.998. The topological polar surface area (TPSA) is 117 Å². The minimum absolute atomic E-state index is 0.00148. The van der Waals surface area contributed by atoms with Gasteiger partial charge in [-0.15, -0.1) is 0 Å². The number of hydrogen-bond acceptors (Lipinski definition) is 3. The standard InChI is InChI=1S/C16H11F6N3O3S/c17-15(18,19)10-5-11(16(20,21)22)7-12(6-10)29(27,28)25-13(23)8-1-3-9(4-2-8)14(24)26/h1-7H,(H2,23,25)(H2,24,26)/p+1. The van der Waals surface area contributed by atoms with Gasteiger partial charge in [-0.25, -0.2) is 0 Å². The highest BCUT2D eigenvalue weighted by Gasteiger charge is 2.38. The molecule has 1 amide bonds. The summed E-state index contributed by atoms with van der Waals surface area (Å²) in [6, 6.07) is 4.68. The van der Waals surface area contributed by atoms with Crippen LogP contribution in [0.2, 0.25) is 0 Å². The van der Waals surface area contributed by atoms with Crippen LogP contribution in [0.15, 0.2) is 47.4 Å². The van der Waals surface area contributed by atoms with Crippen molar-refractivity contribution in [3.63, 3.8) is 0 Å². The third-order valence-corrected chi connectivity index (χ3v) is 4.94. The highest BCUT2D eigenvalue weighted by atomic mass is 32.2. The van der Waals surface area contributed by atoms with E-state index in [0.717, 1.165) is 0 Å². The SMILES string of the molecule is NC(=O)c1ccc(C(N)=[NH+]S(=O)(=O)c2cc(C(F)(F)F)cc(C(F)(F)F)c2)cc1. The second kappa shape index (κ2) is 7.39. The molecule has 6 nitrogen and oxygen atoms in total. The Bertz CT molecular complexity index is 1040. The minimum atomic E-state index is -5.22. The fraction of sp³-hybridized carbons (Fsp3) is 0.125. The van der Waals surface area contributed by atoms with E-state index >= 15 is 0 Å². The van der Waals surface area contributed by atoms with E-state index in [9.17, 15) is 39.6 Å². The van der Waals surface area contributed by atoms with Crippen molar-refractivity contribution >= 4 is 21.8 Å². The second-order valence-electron chi connectivity index (χ2n) is 5.70. The van der Waals surface area contributed by atoms with Gasteiger partial charge < -0.3 is 5.73 Å². The van der Waals surface area contributed by atoms with Crippen molar-refractivity contribution in [1.29, 1.82) is 0 Å². The van der Waals surface area contributed by atoms with Crippen molar-refractivity contribution in [1.82, 2.24) is 0 Å². The smallest absolute Gasteiger partial charge is 0.366 e. The first-order valence-corrected chi connectivity index (χ1v) is 8.94. The van der Waals surface area contributed by atoms with Gasteiger partial charge in [-0.3, -0.25) is 10.5 Å². The van der Waals surface area contributed by atoms with Crippen molar-refractivity contribution < 1.29 is 44.0 Å².